The molecule has 0 saturated carbocycles. The highest BCUT2D eigenvalue weighted by Gasteiger charge is 1.94. The monoisotopic (exact) mass is 90.1 g/mol. The lowest BCUT2D eigenvalue weighted by Crippen LogP contribution is -2.62. The number of ketones is 1. The molecule has 0 amide bonds. The van der Waals surface area contributed by atoms with E-state index in [0.29, 0.717) is 13.1 Å². The van der Waals surface area contributed by atoms with Gasteiger partial charge < -0.3 is 11.5 Å². The molecule has 0 rings (SSSR count). The van der Waals surface area contributed by atoms with Gasteiger partial charge in [-0.15, -0.1) is 0 Å². The summed E-state index contributed by atoms with van der Waals surface area (Å²) in [6.45, 7) is 0.757. The highest BCUT2D eigenvalue weighted by atomic mass is 16.1. The first-order chi connectivity index (χ1) is 2.81. The Bertz CT molecular complexity index is 46.8. The first kappa shape index (κ1) is 5.59. The van der Waals surface area contributed by atoms with Gasteiger partial charge in [0.05, 0.1) is 0 Å². The fourth-order valence-electron chi connectivity index (χ4n) is 0.125. The normalized spacial score (nSPS) is 8.33. The Hall–Kier alpha value is -0.410. The molecular weight excluding hydrogens is 80.0 g/mol. The van der Waals surface area contributed by atoms with Crippen LogP contribution in [0, 0.1) is 0 Å². The van der Waals surface area contributed by atoms with Gasteiger partial charge in [-0.2, -0.15) is 0 Å². The molecule has 0 radical (unpaired) electrons. The molecule has 6 N–H and O–H groups in total. The van der Waals surface area contributed by atoms with Crippen LogP contribution < -0.4 is 11.5 Å². The lowest BCUT2D eigenvalue weighted by atomic mass is 10.4. The summed E-state index contributed by atoms with van der Waals surface area (Å²) in [5.74, 6) is 0.120. The molecule has 0 aliphatic carbocycles. The fraction of sp³-hybridized carbons (Fsp3) is 0.667. The van der Waals surface area contributed by atoms with E-state index in [1.807, 2.05) is 0 Å². The molecule has 3 heteroatoms. The molecule has 0 aromatic carbocycles. The molecular formula is C3H10N2O+2. The van der Waals surface area contributed by atoms with Crippen LogP contribution in [0.4, 0.5) is 0 Å². The standard InChI is InChI=1S/C3H8N2O/c4-1-3(6)2-5/h1-2,4-5H2/p+2. The van der Waals surface area contributed by atoms with E-state index in [2.05, 4.69) is 11.5 Å². The number of rotatable bonds is 2. The minimum Gasteiger partial charge on any atom is -0.351 e. The van der Waals surface area contributed by atoms with Crippen LogP contribution in [-0.4, -0.2) is 18.9 Å². The Balaban J connectivity index is 2.99. The van der Waals surface area contributed by atoms with Crippen LogP contribution in [0.2, 0.25) is 0 Å². The molecule has 0 aliphatic rings. The Labute approximate surface area is 36.3 Å². The zero-order valence-corrected chi connectivity index (χ0v) is 3.74. The number of quaternary nitrogens is 2. The first-order valence-electron chi connectivity index (χ1n) is 1.91. The number of carbonyl (C=O) groups is 1. The summed E-state index contributed by atoms with van der Waals surface area (Å²) in [6.07, 6.45) is 0. The molecule has 6 heavy (non-hydrogen) atoms. The average Bonchev–Trinajstić information content (AvgIpc) is 1.65. The van der Waals surface area contributed by atoms with Gasteiger partial charge in [0, 0.05) is 0 Å². The van der Waals surface area contributed by atoms with Crippen molar-refractivity contribution in [3.8, 4) is 0 Å². The summed E-state index contributed by atoms with van der Waals surface area (Å²) >= 11 is 0. The Morgan fingerprint density at radius 2 is 1.67 bits per heavy atom. The molecule has 0 saturated heterocycles. The smallest absolute Gasteiger partial charge is 0.240 e. The van der Waals surface area contributed by atoms with Gasteiger partial charge in [-0.05, 0) is 0 Å². The molecule has 0 spiro atoms. The van der Waals surface area contributed by atoms with Gasteiger partial charge in [-0.25, -0.2) is 0 Å². The van der Waals surface area contributed by atoms with Crippen LogP contribution in [-0.2, 0) is 4.79 Å². The minimum atomic E-state index is 0.120. The summed E-state index contributed by atoms with van der Waals surface area (Å²) in [5.41, 5.74) is 6.73. The summed E-state index contributed by atoms with van der Waals surface area (Å²) in [4.78, 5) is 10.1. The van der Waals surface area contributed by atoms with E-state index >= 15 is 0 Å². The zero-order chi connectivity index (χ0) is 4.99. The number of carbonyl (C=O) groups excluding carboxylic acids is 1. The van der Waals surface area contributed by atoms with E-state index in [-0.39, 0.29) is 5.78 Å². The molecule has 3 nitrogen and oxygen atoms in total. The fourth-order valence-corrected chi connectivity index (χ4v) is 0.125. The Kier molecular flexibility index (Phi) is 2.62. The van der Waals surface area contributed by atoms with E-state index in [0.717, 1.165) is 0 Å². The molecule has 0 bridgehead atoms. The van der Waals surface area contributed by atoms with Crippen molar-refractivity contribution in [2.24, 2.45) is 0 Å². The second kappa shape index (κ2) is 2.81. The molecule has 0 aromatic rings. The van der Waals surface area contributed by atoms with Gasteiger partial charge in [-0.1, -0.05) is 0 Å². The topological polar surface area (TPSA) is 72.3 Å². The molecule has 0 heterocycles. The summed E-state index contributed by atoms with van der Waals surface area (Å²) in [5, 5.41) is 0. The van der Waals surface area contributed by atoms with Crippen LogP contribution in [0.25, 0.3) is 0 Å². The van der Waals surface area contributed by atoms with Crippen LogP contribution in [0.1, 0.15) is 0 Å². The van der Waals surface area contributed by atoms with Crippen molar-refractivity contribution in [3.05, 3.63) is 0 Å². The van der Waals surface area contributed by atoms with Crippen molar-refractivity contribution in [2.45, 2.75) is 0 Å². The zero-order valence-electron chi connectivity index (χ0n) is 3.74. The predicted molar refractivity (Wildman–Crippen MR) is 20.5 cm³/mol. The van der Waals surface area contributed by atoms with E-state index in [9.17, 15) is 4.79 Å². The van der Waals surface area contributed by atoms with Gasteiger partial charge >= 0.3 is 0 Å². The summed E-state index contributed by atoms with van der Waals surface area (Å²) < 4.78 is 0. The van der Waals surface area contributed by atoms with E-state index in [4.69, 9.17) is 0 Å². The number of hydrogen-bond acceptors (Lipinski definition) is 1. The number of hydrogen-bond donors (Lipinski definition) is 2. The third kappa shape index (κ3) is 1.87. The summed E-state index contributed by atoms with van der Waals surface area (Å²) in [6, 6.07) is 0. The average molecular weight is 90.1 g/mol. The van der Waals surface area contributed by atoms with Gasteiger partial charge in [0.25, 0.3) is 0 Å². The molecule has 0 aromatic heterocycles. The van der Waals surface area contributed by atoms with E-state index < -0.39 is 0 Å². The van der Waals surface area contributed by atoms with Crippen molar-refractivity contribution in [2.75, 3.05) is 13.1 Å². The van der Waals surface area contributed by atoms with Gasteiger partial charge in [0.1, 0.15) is 13.1 Å². The third-order valence-corrected chi connectivity index (χ3v) is 0.558. The van der Waals surface area contributed by atoms with Crippen LogP contribution >= 0.6 is 0 Å². The third-order valence-electron chi connectivity index (χ3n) is 0.558. The molecule has 0 aliphatic heterocycles. The second-order valence-corrected chi connectivity index (χ2v) is 1.04. The van der Waals surface area contributed by atoms with Crippen molar-refractivity contribution < 1.29 is 16.3 Å². The second-order valence-electron chi connectivity index (χ2n) is 1.04. The molecule has 0 atom stereocenters. The predicted octanol–water partition coefficient (Wildman–Crippen LogP) is -2.96. The van der Waals surface area contributed by atoms with Gasteiger partial charge in [0.15, 0.2) is 0 Å². The van der Waals surface area contributed by atoms with Crippen molar-refractivity contribution in [1.82, 2.24) is 0 Å². The maximum Gasteiger partial charge on any atom is 0.240 e. The quantitative estimate of drug-likeness (QED) is 0.373. The van der Waals surface area contributed by atoms with E-state index in [1.54, 1.807) is 0 Å². The van der Waals surface area contributed by atoms with Gasteiger partial charge in [0.2, 0.25) is 5.78 Å². The SMILES string of the molecule is [NH3+]CC(=O)C[NH3+]. The largest absolute Gasteiger partial charge is 0.351 e. The molecule has 0 fully saturated rings. The van der Waals surface area contributed by atoms with Crippen molar-refractivity contribution in [1.29, 1.82) is 0 Å². The Morgan fingerprint density at radius 1 is 1.33 bits per heavy atom. The van der Waals surface area contributed by atoms with E-state index in [1.165, 1.54) is 0 Å². The summed E-state index contributed by atoms with van der Waals surface area (Å²) in [7, 11) is 0. The first-order valence-corrected chi connectivity index (χ1v) is 1.91. The van der Waals surface area contributed by atoms with Crippen LogP contribution in [0.15, 0.2) is 0 Å². The highest BCUT2D eigenvalue weighted by Crippen LogP contribution is 1.48. The number of Topliss-reactive ketones (excluding diaryl/α,β-unsaturated/α-hetero) is 1. The lowest BCUT2D eigenvalue weighted by Gasteiger charge is -1.77. The van der Waals surface area contributed by atoms with Crippen LogP contribution in [0.5, 0.6) is 0 Å². The van der Waals surface area contributed by atoms with Crippen molar-refractivity contribution >= 4 is 5.78 Å². The maximum absolute atomic E-state index is 10.1. The maximum atomic E-state index is 10.1. The lowest BCUT2D eigenvalue weighted by molar-refractivity contribution is -0.379. The Morgan fingerprint density at radius 3 is 1.67 bits per heavy atom. The van der Waals surface area contributed by atoms with Gasteiger partial charge in [-0.3, -0.25) is 4.79 Å². The minimum absolute atomic E-state index is 0.120. The highest BCUT2D eigenvalue weighted by molar-refractivity contribution is 5.79. The van der Waals surface area contributed by atoms with Crippen LogP contribution in [0.3, 0.4) is 0 Å². The van der Waals surface area contributed by atoms with Crippen molar-refractivity contribution in [3.63, 3.8) is 0 Å². The molecule has 36 valence electrons. The molecule has 0 unspecified atom stereocenters.